The number of hydrogen-bond donors (Lipinski definition) is 5. The Hall–Kier alpha value is -0.730. The molecule has 0 fully saturated rings. The maximum atomic E-state index is 11.7. The summed E-state index contributed by atoms with van der Waals surface area (Å²) >= 11 is 0. The van der Waals surface area contributed by atoms with Crippen molar-refractivity contribution >= 4 is 5.97 Å². The summed E-state index contributed by atoms with van der Waals surface area (Å²) in [6.07, 6.45) is 9.61. The van der Waals surface area contributed by atoms with Gasteiger partial charge in [0.1, 0.15) is 31.0 Å². The smallest absolute Gasteiger partial charge is 0.305 e. The second-order valence-electron chi connectivity index (χ2n) is 7.97. The van der Waals surface area contributed by atoms with Crippen LogP contribution in [0.25, 0.3) is 0 Å². The third kappa shape index (κ3) is 15.7. The van der Waals surface area contributed by atoms with Crippen molar-refractivity contribution in [3.8, 4) is 0 Å². The fourth-order valence-electron chi connectivity index (χ4n) is 3.20. The summed E-state index contributed by atoms with van der Waals surface area (Å²) in [5, 5.41) is 46.8. The van der Waals surface area contributed by atoms with Crippen LogP contribution in [0, 0.1) is 0 Å². The lowest BCUT2D eigenvalue weighted by atomic mass is 10.0. The second-order valence-corrected chi connectivity index (χ2v) is 7.97. The van der Waals surface area contributed by atoms with Gasteiger partial charge < -0.3 is 30.3 Å². The van der Waals surface area contributed by atoms with Gasteiger partial charge in [0.15, 0.2) is 0 Å². The molecule has 0 amide bonds. The van der Waals surface area contributed by atoms with Crippen molar-refractivity contribution in [3.63, 3.8) is 0 Å². The van der Waals surface area contributed by atoms with E-state index in [-0.39, 0.29) is 6.42 Å². The standard InChI is InChI=1S/C22H44O7/c1-2-3-4-5-6-7-8-9-10-11-12-13-14-15-20(26)29-17-19(25)22(28)21(27)18(24)16-23/h18-19,21-25,27-28H,2-17H2,1H3/t18-,19-,21-,22-/m1/s1. The molecule has 0 aromatic heterocycles. The van der Waals surface area contributed by atoms with Crippen molar-refractivity contribution in [2.24, 2.45) is 0 Å². The molecule has 7 heteroatoms. The Labute approximate surface area is 176 Å². The molecule has 0 bridgehead atoms. The zero-order chi connectivity index (χ0) is 21.9. The van der Waals surface area contributed by atoms with Crippen molar-refractivity contribution in [2.75, 3.05) is 13.2 Å². The molecule has 0 rings (SSSR count). The van der Waals surface area contributed by atoms with E-state index in [9.17, 15) is 25.2 Å². The first-order valence-corrected chi connectivity index (χ1v) is 11.4. The molecule has 0 heterocycles. The molecule has 0 radical (unpaired) electrons. The number of aliphatic hydroxyl groups excluding tert-OH is 5. The summed E-state index contributed by atoms with van der Waals surface area (Å²) in [6.45, 7) is 1.03. The molecule has 29 heavy (non-hydrogen) atoms. The molecule has 0 aromatic rings. The molecular formula is C22H44O7. The molecule has 0 aliphatic carbocycles. The average Bonchev–Trinajstić information content (AvgIpc) is 2.73. The van der Waals surface area contributed by atoms with E-state index in [1.54, 1.807) is 0 Å². The molecule has 4 atom stereocenters. The highest BCUT2D eigenvalue weighted by Gasteiger charge is 2.30. The topological polar surface area (TPSA) is 127 Å². The normalized spacial score (nSPS) is 15.7. The summed E-state index contributed by atoms with van der Waals surface area (Å²) in [7, 11) is 0. The predicted octanol–water partition coefficient (Wildman–Crippen LogP) is 2.45. The van der Waals surface area contributed by atoms with Gasteiger partial charge in [0, 0.05) is 6.42 Å². The highest BCUT2D eigenvalue weighted by Crippen LogP contribution is 2.13. The summed E-state index contributed by atoms with van der Waals surface area (Å²) < 4.78 is 4.89. The Morgan fingerprint density at radius 1 is 0.690 bits per heavy atom. The van der Waals surface area contributed by atoms with Crippen molar-refractivity contribution in [3.05, 3.63) is 0 Å². The minimum absolute atomic E-state index is 0.252. The van der Waals surface area contributed by atoms with Gasteiger partial charge in [-0.1, -0.05) is 84.0 Å². The minimum atomic E-state index is -1.71. The predicted molar refractivity (Wildman–Crippen MR) is 112 cm³/mol. The first kappa shape index (κ1) is 28.3. The van der Waals surface area contributed by atoms with Crippen LogP contribution in [0.3, 0.4) is 0 Å². The number of esters is 1. The van der Waals surface area contributed by atoms with Crippen molar-refractivity contribution in [2.45, 2.75) is 121 Å². The van der Waals surface area contributed by atoms with Gasteiger partial charge in [-0.25, -0.2) is 0 Å². The zero-order valence-corrected chi connectivity index (χ0v) is 18.2. The van der Waals surface area contributed by atoms with Crippen molar-refractivity contribution in [1.82, 2.24) is 0 Å². The van der Waals surface area contributed by atoms with Crippen LogP contribution < -0.4 is 0 Å². The van der Waals surface area contributed by atoms with Crippen LogP contribution in [0.2, 0.25) is 0 Å². The molecule has 0 saturated carbocycles. The number of hydrogen-bond acceptors (Lipinski definition) is 7. The Kier molecular flexibility index (Phi) is 18.8. The number of aliphatic hydroxyl groups is 5. The van der Waals surface area contributed by atoms with Gasteiger partial charge in [-0.15, -0.1) is 0 Å². The average molecular weight is 421 g/mol. The quantitative estimate of drug-likeness (QED) is 0.151. The Morgan fingerprint density at radius 3 is 1.55 bits per heavy atom. The highest BCUT2D eigenvalue weighted by atomic mass is 16.5. The lowest BCUT2D eigenvalue weighted by molar-refractivity contribution is -0.156. The monoisotopic (exact) mass is 420 g/mol. The summed E-state index contributed by atoms with van der Waals surface area (Å²) in [5.41, 5.74) is 0. The van der Waals surface area contributed by atoms with E-state index in [1.165, 1.54) is 64.2 Å². The fraction of sp³-hybridized carbons (Fsp3) is 0.955. The van der Waals surface area contributed by atoms with Gasteiger partial charge >= 0.3 is 5.97 Å². The minimum Gasteiger partial charge on any atom is -0.463 e. The zero-order valence-electron chi connectivity index (χ0n) is 18.2. The van der Waals surface area contributed by atoms with E-state index >= 15 is 0 Å². The van der Waals surface area contributed by atoms with Crippen LogP contribution in [0.15, 0.2) is 0 Å². The maximum absolute atomic E-state index is 11.7. The number of unbranched alkanes of at least 4 members (excludes halogenated alkanes) is 12. The molecule has 0 aliphatic rings. The highest BCUT2D eigenvalue weighted by molar-refractivity contribution is 5.69. The van der Waals surface area contributed by atoms with Gasteiger partial charge in [-0.2, -0.15) is 0 Å². The van der Waals surface area contributed by atoms with Crippen LogP contribution in [-0.2, 0) is 9.53 Å². The van der Waals surface area contributed by atoms with E-state index in [1.807, 2.05) is 0 Å². The van der Waals surface area contributed by atoms with E-state index in [0.717, 1.165) is 19.3 Å². The van der Waals surface area contributed by atoms with E-state index in [0.29, 0.717) is 0 Å². The summed E-state index contributed by atoms with van der Waals surface area (Å²) in [6, 6.07) is 0. The lowest BCUT2D eigenvalue weighted by Gasteiger charge is -2.25. The molecule has 0 saturated heterocycles. The van der Waals surface area contributed by atoms with Crippen LogP contribution >= 0.6 is 0 Å². The van der Waals surface area contributed by atoms with E-state index in [4.69, 9.17) is 9.84 Å². The van der Waals surface area contributed by atoms with Gasteiger partial charge in [-0.05, 0) is 6.42 Å². The molecule has 0 spiro atoms. The van der Waals surface area contributed by atoms with Crippen LogP contribution in [0.1, 0.15) is 96.8 Å². The summed E-state index contributed by atoms with van der Waals surface area (Å²) in [5.74, 6) is -0.462. The third-order valence-corrected chi connectivity index (χ3v) is 5.22. The molecule has 174 valence electrons. The Morgan fingerprint density at radius 2 is 1.10 bits per heavy atom. The molecule has 5 N–H and O–H groups in total. The fourth-order valence-corrected chi connectivity index (χ4v) is 3.20. The third-order valence-electron chi connectivity index (χ3n) is 5.22. The lowest BCUT2D eigenvalue weighted by Crippen LogP contribution is -2.47. The molecule has 0 aliphatic heterocycles. The van der Waals surface area contributed by atoms with Gasteiger partial charge in [-0.3, -0.25) is 4.79 Å². The van der Waals surface area contributed by atoms with Gasteiger partial charge in [0.25, 0.3) is 0 Å². The maximum Gasteiger partial charge on any atom is 0.305 e. The Bertz CT molecular complexity index is 378. The van der Waals surface area contributed by atoms with Crippen LogP contribution in [-0.4, -0.2) is 69.1 Å². The van der Waals surface area contributed by atoms with E-state index < -0.39 is 43.6 Å². The number of rotatable bonds is 20. The Balaban J connectivity index is 3.52. The summed E-state index contributed by atoms with van der Waals surface area (Å²) in [4.78, 5) is 11.7. The van der Waals surface area contributed by atoms with Crippen LogP contribution in [0.5, 0.6) is 0 Å². The van der Waals surface area contributed by atoms with E-state index in [2.05, 4.69) is 6.92 Å². The second kappa shape index (κ2) is 19.2. The van der Waals surface area contributed by atoms with Crippen molar-refractivity contribution < 1.29 is 35.1 Å². The van der Waals surface area contributed by atoms with Crippen molar-refractivity contribution in [1.29, 1.82) is 0 Å². The number of ether oxygens (including phenoxy) is 1. The molecular weight excluding hydrogens is 376 g/mol. The molecule has 7 nitrogen and oxygen atoms in total. The van der Waals surface area contributed by atoms with Gasteiger partial charge in [0.05, 0.1) is 6.61 Å². The first-order chi connectivity index (χ1) is 13.9. The number of carbonyl (C=O) groups excluding carboxylic acids is 1. The number of carbonyl (C=O) groups is 1. The molecule has 0 unspecified atom stereocenters. The van der Waals surface area contributed by atoms with Crippen LogP contribution in [0.4, 0.5) is 0 Å². The van der Waals surface area contributed by atoms with Gasteiger partial charge in [0.2, 0.25) is 0 Å². The SMILES string of the molecule is CCCCCCCCCCCCCCCC(=O)OC[C@@H](O)[C@@H](O)[C@H](O)[C@H](O)CO. The first-order valence-electron chi connectivity index (χ1n) is 11.4. The molecule has 0 aromatic carbocycles. The largest absolute Gasteiger partial charge is 0.463 e.